The molecule has 0 bridgehead atoms. The van der Waals surface area contributed by atoms with Crippen LogP contribution in [0.1, 0.15) is 33.3 Å². The Morgan fingerprint density at radius 2 is 1.91 bits per heavy atom. The Bertz CT molecular complexity index is 449. The highest BCUT2D eigenvalue weighted by Crippen LogP contribution is 2.36. The molecule has 0 unspecified atom stereocenters. The van der Waals surface area contributed by atoms with E-state index in [1.54, 1.807) is 7.11 Å². The average molecular weight is 373 g/mol. The van der Waals surface area contributed by atoms with Gasteiger partial charge < -0.3 is 19.7 Å². The molecule has 0 fully saturated rings. The number of hydrogen-bond donors (Lipinski definition) is 1. The zero-order chi connectivity index (χ0) is 16.5. The Hall–Kier alpha value is -0.780. The first kappa shape index (κ1) is 19.3. The molecule has 0 aliphatic heterocycles. The van der Waals surface area contributed by atoms with Crippen LogP contribution in [-0.4, -0.2) is 44.3 Å². The molecule has 1 aromatic rings. The number of ether oxygens (including phenoxy) is 2. The minimum Gasteiger partial charge on any atom is -0.493 e. The summed E-state index contributed by atoms with van der Waals surface area (Å²) < 4.78 is 12.4. The zero-order valence-corrected chi connectivity index (χ0v) is 16.0. The summed E-state index contributed by atoms with van der Waals surface area (Å²) in [5.41, 5.74) is 1.10. The summed E-state index contributed by atoms with van der Waals surface area (Å²) in [5.74, 6) is 1.60. The quantitative estimate of drug-likeness (QED) is 0.635. The fraction of sp³-hybridized carbons (Fsp3) is 0.647. The molecule has 0 atom stereocenters. The molecular weight excluding hydrogens is 344 g/mol. The predicted octanol–water partition coefficient (Wildman–Crippen LogP) is 3.68. The molecule has 0 aliphatic rings. The van der Waals surface area contributed by atoms with Crippen molar-refractivity contribution in [2.24, 2.45) is 0 Å². The number of benzene rings is 1. The average Bonchev–Trinajstić information content (AvgIpc) is 2.49. The Labute approximate surface area is 143 Å². The fourth-order valence-corrected chi connectivity index (χ4v) is 2.72. The van der Waals surface area contributed by atoms with Crippen LogP contribution in [0.5, 0.6) is 11.5 Å². The zero-order valence-electron chi connectivity index (χ0n) is 14.4. The lowest BCUT2D eigenvalue weighted by Gasteiger charge is -2.20. The second kappa shape index (κ2) is 10.1. The summed E-state index contributed by atoms with van der Waals surface area (Å²) in [6.07, 6.45) is 0.109. The minimum absolute atomic E-state index is 0.109. The number of methoxy groups -OCH3 is 1. The van der Waals surface area contributed by atoms with E-state index in [0.717, 1.165) is 54.3 Å². The predicted molar refractivity (Wildman–Crippen MR) is 96.0 cm³/mol. The monoisotopic (exact) mass is 372 g/mol. The summed E-state index contributed by atoms with van der Waals surface area (Å²) in [4.78, 5) is 2.40. The van der Waals surface area contributed by atoms with Crippen LogP contribution in [0.4, 0.5) is 0 Å². The van der Waals surface area contributed by atoms with Gasteiger partial charge in [-0.05, 0) is 39.1 Å². The van der Waals surface area contributed by atoms with E-state index in [4.69, 9.17) is 9.47 Å². The van der Waals surface area contributed by atoms with Crippen molar-refractivity contribution >= 4 is 15.9 Å². The van der Waals surface area contributed by atoms with Crippen LogP contribution in [0.25, 0.3) is 0 Å². The maximum atomic E-state index is 5.96. The van der Waals surface area contributed by atoms with Gasteiger partial charge in [0.1, 0.15) is 0 Å². The van der Waals surface area contributed by atoms with E-state index >= 15 is 0 Å². The molecule has 126 valence electrons. The number of halogens is 1. The smallest absolute Gasteiger partial charge is 0.167 e. The van der Waals surface area contributed by atoms with Gasteiger partial charge in [0.05, 0.1) is 13.2 Å². The highest BCUT2D eigenvalue weighted by Gasteiger charge is 2.15. The number of nitrogens with one attached hydrogen (secondary N) is 1. The van der Waals surface area contributed by atoms with Gasteiger partial charge in [0, 0.05) is 29.7 Å². The molecule has 4 nitrogen and oxygen atoms in total. The topological polar surface area (TPSA) is 33.7 Å². The van der Waals surface area contributed by atoms with Crippen LogP contribution in [0.3, 0.4) is 0 Å². The summed E-state index contributed by atoms with van der Waals surface area (Å²) in [6, 6.07) is 3.94. The summed E-state index contributed by atoms with van der Waals surface area (Å²) in [6.45, 7) is 13.4. The van der Waals surface area contributed by atoms with Crippen molar-refractivity contribution in [3.05, 3.63) is 22.2 Å². The first-order chi connectivity index (χ1) is 10.5. The van der Waals surface area contributed by atoms with E-state index in [1.165, 1.54) is 0 Å². The standard InChI is InChI=1S/C17H29BrN2O2/c1-6-20(7-2)11-10-19-12-14-15(18)8-9-16(21-5)17(14)22-13(3)4/h8-9,13,19H,6-7,10-12H2,1-5H3. The first-order valence-electron chi connectivity index (χ1n) is 7.98. The van der Waals surface area contributed by atoms with Crippen molar-refractivity contribution in [1.82, 2.24) is 10.2 Å². The van der Waals surface area contributed by atoms with Gasteiger partial charge in [-0.15, -0.1) is 0 Å². The Morgan fingerprint density at radius 1 is 1.23 bits per heavy atom. The third-order valence-corrected chi connectivity index (χ3v) is 4.28. The lowest BCUT2D eigenvalue weighted by atomic mass is 10.1. The van der Waals surface area contributed by atoms with Gasteiger partial charge in [-0.2, -0.15) is 0 Å². The molecule has 0 aromatic heterocycles. The van der Waals surface area contributed by atoms with E-state index in [0.29, 0.717) is 0 Å². The normalized spacial score (nSPS) is 11.3. The Kier molecular flexibility index (Phi) is 8.83. The molecule has 0 heterocycles. The number of likely N-dealkylation sites (N-methyl/N-ethyl adjacent to an activating group) is 1. The third kappa shape index (κ3) is 5.78. The molecule has 1 rings (SSSR count). The maximum Gasteiger partial charge on any atom is 0.167 e. The minimum atomic E-state index is 0.109. The van der Waals surface area contributed by atoms with Crippen LogP contribution in [0.2, 0.25) is 0 Å². The molecule has 1 aromatic carbocycles. The lowest BCUT2D eigenvalue weighted by molar-refractivity contribution is 0.226. The molecule has 22 heavy (non-hydrogen) atoms. The number of hydrogen-bond acceptors (Lipinski definition) is 4. The SMILES string of the molecule is CCN(CC)CCNCc1c(Br)ccc(OC)c1OC(C)C. The van der Waals surface area contributed by atoms with Gasteiger partial charge in [0.25, 0.3) is 0 Å². The van der Waals surface area contributed by atoms with Gasteiger partial charge in [0.2, 0.25) is 0 Å². The maximum absolute atomic E-state index is 5.96. The molecule has 0 radical (unpaired) electrons. The van der Waals surface area contributed by atoms with Crippen LogP contribution in [0, 0.1) is 0 Å². The van der Waals surface area contributed by atoms with E-state index in [2.05, 4.69) is 40.0 Å². The molecule has 0 amide bonds. The highest BCUT2D eigenvalue weighted by atomic mass is 79.9. The van der Waals surface area contributed by atoms with Crippen LogP contribution >= 0.6 is 15.9 Å². The van der Waals surface area contributed by atoms with Crippen molar-refractivity contribution in [3.8, 4) is 11.5 Å². The van der Waals surface area contributed by atoms with Crippen molar-refractivity contribution in [2.45, 2.75) is 40.3 Å². The molecule has 0 aliphatic carbocycles. The summed E-state index contributed by atoms with van der Waals surface area (Å²) >= 11 is 3.62. The Morgan fingerprint density at radius 3 is 2.45 bits per heavy atom. The van der Waals surface area contributed by atoms with Gasteiger partial charge in [0.15, 0.2) is 11.5 Å². The fourth-order valence-electron chi connectivity index (χ4n) is 2.26. The lowest BCUT2D eigenvalue weighted by Crippen LogP contribution is -2.31. The second-order valence-electron chi connectivity index (χ2n) is 5.43. The van der Waals surface area contributed by atoms with Crippen molar-refractivity contribution < 1.29 is 9.47 Å². The van der Waals surface area contributed by atoms with Crippen LogP contribution in [0.15, 0.2) is 16.6 Å². The number of rotatable bonds is 10. The molecule has 0 spiro atoms. The molecule has 0 saturated heterocycles. The summed E-state index contributed by atoms with van der Waals surface area (Å²) in [7, 11) is 1.67. The second-order valence-corrected chi connectivity index (χ2v) is 6.28. The third-order valence-electron chi connectivity index (χ3n) is 3.54. The molecule has 1 N–H and O–H groups in total. The molecular formula is C17H29BrN2O2. The van der Waals surface area contributed by atoms with Gasteiger partial charge in [-0.3, -0.25) is 0 Å². The van der Waals surface area contributed by atoms with Crippen molar-refractivity contribution in [2.75, 3.05) is 33.3 Å². The van der Waals surface area contributed by atoms with Gasteiger partial charge >= 0.3 is 0 Å². The largest absolute Gasteiger partial charge is 0.493 e. The van der Waals surface area contributed by atoms with Gasteiger partial charge in [-0.25, -0.2) is 0 Å². The molecule has 5 heteroatoms. The Balaban J connectivity index is 2.75. The van der Waals surface area contributed by atoms with Crippen LogP contribution in [-0.2, 0) is 6.54 Å². The van der Waals surface area contributed by atoms with Crippen molar-refractivity contribution in [3.63, 3.8) is 0 Å². The van der Waals surface area contributed by atoms with Gasteiger partial charge in [-0.1, -0.05) is 29.8 Å². The number of nitrogens with zero attached hydrogens (tertiary/aromatic N) is 1. The van der Waals surface area contributed by atoms with Crippen LogP contribution < -0.4 is 14.8 Å². The van der Waals surface area contributed by atoms with E-state index in [-0.39, 0.29) is 6.10 Å². The van der Waals surface area contributed by atoms with E-state index in [1.807, 2.05) is 26.0 Å². The first-order valence-corrected chi connectivity index (χ1v) is 8.77. The highest BCUT2D eigenvalue weighted by molar-refractivity contribution is 9.10. The van der Waals surface area contributed by atoms with Crippen molar-refractivity contribution in [1.29, 1.82) is 0 Å². The van der Waals surface area contributed by atoms with E-state index < -0.39 is 0 Å². The molecule has 0 saturated carbocycles. The van der Waals surface area contributed by atoms with E-state index in [9.17, 15) is 0 Å². The summed E-state index contributed by atoms with van der Waals surface area (Å²) in [5, 5.41) is 3.50.